The number of nitrogens with two attached hydrogens (primary N) is 1. The van der Waals surface area contributed by atoms with Gasteiger partial charge in [-0.3, -0.25) is 4.79 Å². The maximum absolute atomic E-state index is 13.7. The van der Waals surface area contributed by atoms with E-state index in [2.05, 4.69) is 15.6 Å². The van der Waals surface area contributed by atoms with Crippen LogP contribution in [0.4, 0.5) is 30.5 Å². The van der Waals surface area contributed by atoms with Crippen LogP contribution in [0.25, 0.3) is 0 Å². The van der Waals surface area contributed by atoms with E-state index in [0.29, 0.717) is 12.4 Å². The lowest BCUT2D eigenvalue weighted by Gasteiger charge is -2.09. The Bertz CT molecular complexity index is 963. The molecule has 0 fully saturated rings. The highest BCUT2D eigenvalue weighted by atomic mass is 35.5. The first kappa shape index (κ1) is 21.0. The standard InChI is InChI=1S/C19H15F3N4O.ClH/c20-12-6-4-11(5-7-12)10-24-16-9-8-15(18(23)26-16)25-19(27)17-13(21)2-1-3-14(17)22;/h1-9H,10H2,(H,25,27)(H3,23,24,26);1H. The van der Waals surface area contributed by atoms with Crippen LogP contribution >= 0.6 is 0 Å². The van der Waals surface area contributed by atoms with Gasteiger partial charge in [0.25, 0.3) is 5.91 Å². The van der Waals surface area contributed by atoms with Gasteiger partial charge >= 0.3 is 0 Å². The van der Waals surface area contributed by atoms with Gasteiger partial charge in [0, 0.05) is 6.07 Å². The number of carbonyl (C=O) groups excluding carboxylic acids is 1. The number of aromatic amines is 1. The summed E-state index contributed by atoms with van der Waals surface area (Å²) in [6.45, 7) is 0.419. The molecule has 0 aliphatic rings. The number of amides is 1. The fourth-order valence-corrected chi connectivity index (χ4v) is 2.42. The summed E-state index contributed by atoms with van der Waals surface area (Å²) >= 11 is 0. The third-order valence-electron chi connectivity index (χ3n) is 3.81. The number of rotatable bonds is 5. The molecule has 0 saturated carbocycles. The lowest BCUT2D eigenvalue weighted by molar-refractivity contribution is -0.342. The minimum absolute atomic E-state index is 0. The molecule has 3 rings (SSSR count). The topological polar surface area (TPSA) is 81.3 Å². The molecule has 0 spiro atoms. The van der Waals surface area contributed by atoms with E-state index in [-0.39, 0.29) is 29.7 Å². The molecule has 1 heterocycles. The number of H-pyrrole nitrogens is 1. The first-order valence-electron chi connectivity index (χ1n) is 7.99. The quantitative estimate of drug-likeness (QED) is 0.570. The molecule has 2 aromatic carbocycles. The molecule has 0 bridgehead atoms. The van der Waals surface area contributed by atoms with Gasteiger partial charge in [0.05, 0.1) is 6.54 Å². The largest absolute Gasteiger partial charge is 1.00 e. The van der Waals surface area contributed by atoms with Crippen molar-refractivity contribution in [2.75, 3.05) is 16.4 Å². The van der Waals surface area contributed by atoms with Gasteiger partial charge in [0.1, 0.15) is 28.7 Å². The van der Waals surface area contributed by atoms with E-state index in [4.69, 9.17) is 5.73 Å². The summed E-state index contributed by atoms with van der Waals surface area (Å²) in [7, 11) is 0. The first-order chi connectivity index (χ1) is 12.9. The fraction of sp³-hybridized carbons (Fsp3) is 0.0526. The molecule has 1 aromatic heterocycles. The van der Waals surface area contributed by atoms with Crippen LogP contribution in [-0.4, -0.2) is 5.91 Å². The highest BCUT2D eigenvalue weighted by Crippen LogP contribution is 2.19. The summed E-state index contributed by atoms with van der Waals surface area (Å²) in [4.78, 5) is 15.0. The summed E-state index contributed by atoms with van der Waals surface area (Å²) < 4.78 is 40.3. The summed E-state index contributed by atoms with van der Waals surface area (Å²) in [5, 5.41) is 5.43. The average molecular weight is 409 g/mol. The SMILES string of the molecule is Nc1[nH+]c(NCc2ccc(F)cc2)ccc1NC(=O)c1c(F)cccc1F.[Cl-]. The molecule has 0 aliphatic heterocycles. The molecule has 0 radical (unpaired) electrons. The zero-order valence-corrected chi connectivity index (χ0v) is 15.2. The zero-order chi connectivity index (χ0) is 19.4. The minimum Gasteiger partial charge on any atom is -1.00 e. The van der Waals surface area contributed by atoms with Crippen molar-refractivity contribution in [3.05, 3.63) is 83.2 Å². The van der Waals surface area contributed by atoms with Crippen LogP contribution in [0.3, 0.4) is 0 Å². The van der Waals surface area contributed by atoms with Gasteiger partial charge < -0.3 is 28.8 Å². The second-order valence-corrected chi connectivity index (χ2v) is 5.73. The predicted molar refractivity (Wildman–Crippen MR) is 95.4 cm³/mol. The number of halogens is 4. The molecule has 0 saturated heterocycles. The van der Waals surface area contributed by atoms with Crippen LogP contribution in [0.1, 0.15) is 15.9 Å². The van der Waals surface area contributed by atoms with Gasteiger partial charge in [-0.15, -0.1) is 0 Å². The Hall–Kier alpha value is -3.26. The van der Waals surface area contributed by atoms with E-state index < -0.39 is 23.1 Å². The molecule has 5 nitrogen and oxygen atoms in total. The van der Waals surface area contributed by atoms with Crippen molar-refractivity contribution in [2.24, 2.45) is 0 Å². The fourth-order valence-electron chi connectivity index (χ4n) is 2.42. The number of anilines is 3. The number of benzene rings is 2. The van der Waals surface area contributed by atoms with E-state index in [1.165, 1.54) is 24.3 Å². The van der Waals surface area contributed by atoms with Crippen molar-refractivity contribution in [1.29, 1.82) is 0 Å². The van der Waals surface area contributed by atoms with Gasteiger partial charge in [0.15, 0.2) is 0 Å². The van der Waals surface area contributed by atoms with Gasteiger partial charge in [-0.05, 0) is 35.9 Å². The summed E-state index contributed by atoms with van der Waals surface area (Å²) in [5.41, 5.74) is 6.21. The van der Waals surface area contributed by atoms with Gasteiger partial charge in [0.2, 0.25) is 11.6 Å². The van der Waals surface area contributed by atoms with Crippen molar-refractivity contribution in [3.8, 4) is 0 Å². The molecule has 146 valence electrons. The molecule has 0 atom stereocenters. The molecule has 1 amide bonds. The second-order valence-electron chi connectivity index (χ2n) is 5.73. The molecule has 0 unspecified atom stereocenters. The molecule has 9 heteroatoms. The summed E-state index contributed by atoms with van der Waals surface area (Å²) in [6.07, 6.45) is 0. The van der Waals surface area contributed by atoms with Crippen LogP contribution in [-0.2, 0) is 6.54 Å². The lowest BCUT2D eigenvalue weighted by Crippen LogP contribution is -3.00. The Morgan fingerprint density at radius 2 is 1.61 bits per heavy atom. The van der Waals surface area contributed by atoms with Gasteiger partial charge in [-0.2, -0.15) is 0 Å². The Labute approximate surface area is 165 Å². The molecular weight excluding hydrogens is 393 g/mol. The highest BCUT2D eigenvalue weighted by molar-refractivity contribution is 6.05. The third-order valence-corrected chi connectivity index (χ3v) is 3.81. The maximum atomic E-state index is 13.7. The molecule has 3 aromatic rings. The monoisotopic (exact) mass is 408 g/mol. The number of nitrogen functional groups attached to an aromatic ring is 1. The Kier molecular flexibility index (Phi) is 6.84. The molecule has 28 heavy (non-hydrogen) atoms. The van der Waals surface area contributed by atoms with E-state index in [1.54, 1.807) is 18.2 Å². The van der Waals surface area contributed by atoms with E-state index in [1.807, 2.05) is 0 Å². The minimum atomic E-state index is -0.965. The predicted octanol–water partition coefficient (Wildman–Crippen LogP) is 0.369. The second kappa shape index (κ2) is 9.09. The number of aromatic nitrogens is 1. The summed E-state index contributed by atoms with van der Waals surface area (Å²) in [6, 6.07) is 12.3. The van der Waals surface area contributed by atoms with Gasteiger partial charge in [-0.25, -0.2) is 18.2 Å². The van der Waals surface area contributed by atoms with E-state index in [0.717, 1.165) is 17.7 Å². The van der Waals surface area contributed by atoms with Crippen LogP contribution in [0.2, 0.25) is 0 Å². The lowest BCUT2D eigenvalue weighted by atomic mass is 10.2. The van der Waals surface area contributed by atoms with Crippen LogP contribution in [0.15, 0.2) is 54.6 Å². The van der Waals surface area contributed by atoms with Crippen LogP contribution < -0.4 is 33.8 Å². The number of pyridine rings is 1. The van der Waals surface area contributed by atoms with Crippen molar-refractivity contribution in [1.82, 2.24) is 0 Å². The number of hydrogen-bond acceptors (Lipinski definition) is 3. The van der Waals surface area contributed by atoms with E-state index >= 15 is 0 Å². The van der Waals surface area contributed by atoms with Crippen molar-refractivity contribution >= 4 is 23.2 Å². The van der Waals surface area contributed by atoms with E-state index in [9.17, 15) is 18.0 Å². The average Bonchev–Trinajstić information content (AvgIpc) is 2.63. The summed E-state index contributed by atoms with van der Waals surface area (Å²) in [5.74, 6) is -2.55. The normalized spacial score (nSPS) is 10.1. The number of carbonyl (C=O) groups is 1. The molecule has 5 N–H and O–H groups in total. The third kappa shape index (κ3) is 4.92. The smallest absolute Gasteiger partial charge is 0.261 e. The van der Waals surface area contributed by atoms with Crippen molar-refractivity contribution in [3.63, 3.8) is 0 Å². The molecular formula is C19H16ClF3N4O. The first-order valence-corrected chi connectivity index (χ1v) is 7.99. The highest BCUT2D eigenvalue weighted by Gasteiger charge is 2.19. The number of hydrogen-bond donors (Lipinski definition) is 3. The Morgan fingerprint density at radius 1 is 0.964 bits per heavy atom. The number of nitrogens with one attached hydrogen (secondary N) is 3. The zero-order valence-electron chi connectivity index (χ0n) is 14.4. The van der Waals surface area contributed by atoms with Crippen LogP contribution in [0, 0.1) is 17.5 Å². The maximum Gasteiger partial charge on any atom is 0.261 e. The van der Waals surface area contributed by atoms with Crippen molar-refractivity contribution in [2.45, 2.75) is 6.54 Å². The van der Waals surface area contributed by atoms with Crippen molar-refractivity contribution < 1.29 is 35.4 Å². The van der Waals surface area contributed by atoms with Crippen LogP contribution in [0.5, 0.6) is 0 Å². The Morgan fingerprint density at radius 3 is 2.21 bits per heavy atom. The Balaban J connectivity index is 0.00000280. The van der Waals surface area contributed by atoms with Gasteiger partial charge in [-0.1, -0.05) is 18.2 Å². The molecule has 0 aliphatic carbocycles.